The summed E-state index contributed by atoms with van der Waals surface area (Å²) in [6.45, 7) is 2.87. The van der Waals surface area contributed by atoms with Crippen molar-refractivity contribution in [3.63, 3.8) is 0 Å². The van der Waals surface area contributed by atoms with Gasteiger partial charge in [-0.3, -0.25) is 14.4 Å². The van der Waals surface area contributed by atoms with Gasteiger partial charge in [0.15, 0.2) is 17.3 Å². The third-order valence-corrected chi connectivity index (χ3v) is 4.27. The van der Waals surface area contributed by atoms with E-state index < -0.39 is 17.8 Å². The van der Waals surface area contributed by atoms with E-state index in [2.05, 4.69) is 10.6 Å². The Kier molecular flexibility index (Phi) is 7.51. The number of ketones is 1. The Hall–Kier alpha value is -4.14. The molecule has 0 unspecified atom stereocenters. The molecule has 0 heterocycles. The fourth-order valence-corrected chi connectivity index (χ4v) is 2.61. The van der Waals surface area contributed by atoms with E-state index in [4.69, 9.17) is 9.47 Å². The topological polar surface area (TPSA) is 131 Å². The molecule has 0 saturated carbocycles. The monoisotopic (exact) mass is 426 g/mol. The average Bonchev–Trinajstić information content (AvgIpc) is 2.73. The summed E-state index contributed by atoms with van der Waals surface area (Å²) in [7, 11) is 2.74. The van der Waals surface area contributed by atoms with Gasteiger partial charge in [-0.05, 0) is 38.1 Å². The van der Waals surface area contributed by atoms with Gasteiger partial charge in [0.1, 0.15) is 0 Å². The largest absolute Gasteiger partial charge is 0.493 e. The number of methoxy groups -OCH3 is 2. The highest BCUT2D eigenvalue weighted by atomic mass is 16.5. The maximum Gasteiger partial charge on any atom is 0.337 e. The number of benzene rings is 2. The van der Waals surface area contributed by atoms with Gasteiger partial charge in [-0.15, -0.1) is 0 Å². The fourth-order valence-electron chi connectivity index (χ4n) is 2.61. The van der Waals surface area contributed by atoms with E-state index in [1.807, 2.05) is 0 Å². The smallest absolute Gasteiger partial charge is 0.337 e. The van der Waals surface area contributed by atoms with E-state index in [-0.39, 0.29) is 34.1 Å². The van der Waals surface area contributed by atoms with Crippen LogP contribution in [-0.2, 0) is 9.59 Å². The predicted molar refractivity (Wildman–Crippen MR) is 114 cm³/mol. The second-order valence-corrected chi connectivity index (χ2v) is 6.46. The van der Waals surface area contributed by atoms with E-state index >= 15 is 0 Å². The van der Waals surface area contributed by atoms with Gasteiger partial charge in [-0.25, -0.2) is 4.79 Å². The zero-order valence-electron chi connectivity index (χ0n) is 17.4. The molecule has 0 atom stereocenters. The highest BCUT2D eigenvalue weighted by Crippen LogP contribution is 2.33. The first-order valence-electron chi connectivity index (χ1n) is 9.07. The number of anilines is 2. The van der Waals surface area contributed by atoms with Crippen molar-refractivity contribution < 1.29 is 33.8 Å². The van der Waals surface area contributed by atoms with Crippen LogP contribution in [0.25, 0.3) is 0 Å². The third-order valence-electron chi connectivity index (χ3n) is 4.27. The van der Waals surface area contributed by atoms with Crippen LogP contribution in [0.3, 0.4) is 0 Å². The van der Waals surface area contributed by atoms with Gasteiger partial charge in [-0.1, -0.05) is 0 Å². The first-order valence-corrected chi connectivity index (χ1v) is 9.07. The van der Waals surface area contributed by atoms with Crippen LogP contribution in [0.2, 0.25) is 0 Å². The number of carbonyl (C=O) groups is 4. The van der Waals surface area contributed by atoms with E-state index in [0.717, 1.165) is 6.08 Å². The molecule has 3 N–H and O–H groups in total. The molecule has 2 aromatic carbocycles. The molecule has 0 saturated heterocycles. The normalized spacial score (nSPS) is 10.8. The second-order valence-electron chi connectivity index (χ2n) is 6.46. The quantitative estimate of drug-likeness (QED) is 0.436. The number of aromatic carboxylic acids is 1. The molecule has 9 heteroatoms. The first-order chi connectivity index (χ1) is 14.7. The predicted octanol–water partition coefficient (Wildman–Crippen LogP) is 3.13. The number of rotatable bonds is 8. The molecule has 0 bridgehead atoms. The molecule has 31 heavy (non-hydrogen) atoms. The summed E-state index contributed by atoms with van der Waals surface area (Å²) in [5.41, 5.74) is 0.835. The van der Waals surface area contributed by atoms with Gasteiger partial charge in [0, 0.05) is 35.0 Å². The minimum atomic E-state index is -1.27. The SMILES string of the molecule is COc1cc(NC(=O)/C=C(/C)C(=O)Nc2ccc(C(C)=O)cc2)c(C(=O)O)cc1OC. The van der Waals surface area contributed by atoms with E-state index in [9.17, 15) is 24.3 Å². The third kappa shape index (κ3) is 5.92. The van der Waals surface area contributed by atoms with Gasteiger partial charge in [0.25, 0.3) is 5.91 Å². The highest BCUT2D eigenvalue weighted by molar-refractivity contribution is 6.11. The minimum absolute atomic E-state index is 0.0144. The molecule has 9 nitrogen and oxygen atoms in total. The molecule has 162 valence electrons. The number of Topliss-reactive ketones (excluding diaryl/α,β-unsaturated/α-hetero) is 1. The zero-order valence-corrected chi connectivity index (χ0v) is 17.4. The van der Waals surface area contributed by atoms with Crippen molar-refractivity contribution in [2.45, 2.75) is 13.8 Å². The maximum absolute atomic E-state index is 12.4. The number of carbonyl (C=O) groups excluding carboxylic acids is 3. The molecule has 2 amide bonds. The Morgan fingerprint density at radius 2 is 1.48 bits per heavy atom. The molecule has 0 aliphatic heterocycles. The fraction of sp³-hybridized carbons (Fsp3) is 0.182. The lowest BCUT2D eigenvalue weighted by molar-refractivity contribution is -0.114. The number of hydrogen-bond donors (Lipinski definition) is 3. The summed E-state index contributed by atoms with van der Waals surface area (Å²) in [5, 5.41) is 14.5. The standard InChI is InChI=1S/C22H22N2O7/c1-12(21(27)23-15-7-5-14(6-8-15)13(2)25)9-20(26)24-17-11-19(31-4)18(30-3)10-16(17)22(28)29/h5-11H,1-4H3,(H,23,27)(H,24,26)(H,28,29)/b12-9-. The van der Waals surface area contributed by atoms with Crippen molar-refractivity contribution in [3.05, 3.63) is 59.2 Å². The van der Waals surface area contributed by atoms with E-state index in [1.165, 1.54) is 40.2 Å². The van der Waals surface area contributed by atoms with Gasteiger partial charge in [-0.2, -0.15) is 0 Å². The zero-order chi connectivity index (χ0) is 23.1. The molecule has 0 aliphatic carbocycles. The van der Waals surface area contributed by atoms with Crippen LogP contribution in [0, 0.1) is 0 Å². The van der Waals surface area contributed by atoms with Gasteiger partial charge in [0.2, 0.25) is 5.91 Å². The summed E-state index contributed by atoms with van der Waals surface area (Å²) in [6, 6.07) is 8.85. The Balaban J connectivity index is 2.17. The molecule has 2 rings (SSSR count). The molecule has 0 aliphatic rings. The Bertz CT molecular complexity index is 1060. The Morgan fingerprint density at radius 1 is 0.903 bits per heavy atom. The van der Waals surface area contributed by atoms with Crippen molar-refractivity contribution in [2.75, 3.05) is 24.9 Å². The lowest BCUT2D eigenvalue weighted by Crippen LogP contribution is -2.17. The number of carboxylic acid groups (broad SMARTS) is 1. The molecule has 0 aromatic heterocycles. The van der Waals surface area contributed by atoms with Crippen LogP contribution in [0.15, 0.2) is 48.0 Å². The van der Waals surface area contributed by atoms with Crippen molar-refractivity contribution in [3.8, 4) is 11.5 Å². The van der Waals surface area contributed by atoms with Crippen molar-refractivity contribution in [1.29, 1.82) is 0 Å². The van der Waals surface area contributed by atoms with Crippen LogP contribution in [0.1, 0.15) is 34.6 Å². The van der Waals surface area contributed by atoms with E-state index in [1.54, 1.807) is 24.3 Å². The highest BCUT2D eigenvalue weighted by Gasteiger charge is 2.18. The minimum Gasteiger partial charge on any atom is -0.493 e. The lowest BCUT2D eigenvalue weighted by atomic mass is 10.1. The van der Waals surface area contributed by atoms with Crippen LogP contribution in [0.5, 0.6) is 11.5 Å². The first kappa shape index (κ1) is 23.1. The summed E-state index contributed by atoms with van der Waals surface area (Å²) >= 11 is 0. The van der Waals surface area contributed by atoms with Crippen molar-refractivity contribution >= 4 is 34.9 Å². The summed E-state index contributed by atoms with van der Waals surface area (Å²) < 4.78 is 10.2. The van der Waals surface area contributed by atoms with Gasteiger partial charge in [0.05, 0.1) is 25.5 Å². The summed E-state index contributed by atoms with van der Waals surface area (Å²) in [4.78, 5) is 47.5. The summed E-state index contributed by atoms with van der Waals surface area (Å²) in [5.74, 6) is -2.17. The lowest BCUT2D eigenvalue weighted by Gasteiger charge is -2.13. The molecule has 0 radical (unpaired) electrons. The Morgan fingerprint density at radius 3 is 2.00 bits per heavy atom. The maximum atomic E-state index is 12.4. The van der Waals surface area contributed by atoms with Gasteiger partial charge >= 0.3 is 5.97 Å². The second kappa shape index (κ2) is 10.1. The molecule has 0 spiro atoms. The number of nitrogens with one attached hydrogen (secondary N) is 2. The number of amides is 2. The van der Waals surface area contributed by atoms with Crippen LogP contribution in [0.4, 0.5) is 11.4 Å². The summed E-state index contributed by atoms with van der Waals surface area (Å²) in [6.07, 6.45) is 1.04. The van der Waals surface area contributed by atoms with Crippen molar-refractivity contribution in [2.24, 2.45) is 0 Å². The van der Waals surface area contributed by atoms with Crippen LogP contribution >= 0.6 is 0 Å². The van der Waals surface area contributed by atoms with Crippen molar-refractivity contribution in [1.82, 2.24) is 0 Å². The molecule has 2 aromatic rings. The van der Waals surface area contributed by atoms with Gasteiger partial charge < -0.3 is 25.2 Å². The Labute approximate surface area is 178 Å². The van der Waals surface area contributed by atoms with E-state index in [0.29, 0.717) is 11.3 Å². The average molecular weight is 426 g/mol. The van der Waals surface area contributed by atoms with Crippen LogP contribution in [-0.4, -0.2) is 42.9 Å². The molecular formula is C22H22N2O7. The molecule has 0 fully saturated rings. The molecular weight excluding hydrogens is 404 g/mol. The van der Waals surface area contributed by atoms with Crippen LogP contribution < -0.4 is 20.1 Å². The number of carboxylic acids is 1. The number of ether oxygens (including phenoxy) is 2. The number of hydrogen-bond acceptors (Lipinski definition) is 6.